The first-order chi connectivity index (χ1) is 14.9. The smallest absolute Gasteiger partial charge is 0.243 e. The van der Waals surface area contributed by atoms with Crippen LogP contribution in [0.1, 0.15) is 36.0 Å². The van der Waals surface area contributed by atoms with Gasteiger partial charge in [-0.1, -0.05) is 6.07 Å². The van der Waals surface area contributed by atoms with Gasteiger partial charge in [0.25, 0.3) is 0 Å². The lowest BCUT2D eigenvalue weighted by molar-refractivity contribution is 0.390. The highest BCUT2D eigenvalue weighted by molar-refractivity contribution is 7.89. The third kappa shape index (κ3) is 4.52. The Morgan fingerprint density at radius 1 is 1.03 bits per heavy atom. The fraction of sp³-hybridized carbons (Fsp3) is 0.318. The minimum Gasteiger partial charge on any atom is -0.497 e. The number of rotatable bonds is 6. The molecule has 0 radical (unpaired) electrons. The predicted molar refractivity (Wildman–Crippen MR) is 118 cm³/mol. The maximum absolute atomic E-state index is 13.3. The van der Waals surface area contributed by atoms with Crippen LogP contribution in [0.15, 0.2) is 53.4 Å². The molecule has 3 aromatic rings. The maximum Gasteiger partial charge on any atom is 0.243 e. The fourth-order valence-electron chi connectivity index (χ4n) is 3.81. The third-order valence-electron chi connectivity index (χ3n) is 5.20. The Balaban J connectivity index is 1.60. The summed E-state index contributed by atoms with van der Waals surface area (Å²) < 4.78 is 33.3. The van der Waals surface area contributed by atoms with Crippen LogP contribution in [0.4, 0.5) is 11.8 Å². The van der Waals surface area contributed by atoms with E-state index in [1.807, 2.05) is 38.1 Å². The molecule has 4 rings (SSSR count). The zero-order valence-corrected chi connectivity index (χ0v) is 18.6. The van der Waals surface area contributed by atoms with E-state index in [0.717, 1.165) is 17.8 Å². The number of nitrogens with zero attached hydrogens (tertiary/aromatic N) is 4. The Bertz CT molecular complexity index is 1160. The van der Waals surface area contributed by atoms with Crippen LogP contribution in [0.5, 0.6) is 5.75 Å². The first-order valence-electron chi connectivity index (χ1n) is 10.1. The number of hydrogen-bond donors (Lipinski definition) is 1. The molecule has 8 nitrogen and oxygen atoms in total. The molecule has 162 valence electrons. The molecule has 1 aliphatic rings. The highest BCUT2D eigenvalue weighted by atomic mass is 32.2. The van der Waals surface area contributed by atoms with Gasteiger partial charge in [-0.05, 0) is 69.2 Å². The van der Waals surface area contributed by atoms with Crippen molar-refractivity contribution in [3.8, 4) is 5.75 Å². The summed E-state index contributed by atoms with van der Waals surface area (Å²) in [5.74, 6) is 1.67. The number of sulfonamides is 1. The van der Waals surface area contributed by atoms with Gasteiger partial charge in [0.1, 0.15) is 11.6 Å². The molecule has 1 aromatic carbocycles. The average molecular weight is 440 g/mol. The maximum atomic E-state index is 13.3. The van der Waals surface area contributed by atoms with Crippen molar-refractivity contribution in [3.63, 3.8) is 0 Å². The highest BCUT2D eigenvalue weighted by Crippen LogP contribution is 2.36. The number of aryl methyl sites for hydroxylation is 2. The molecule has 1 N–H and O–H groups in total. The fourth-order valence-corrected chi connectivity index (χ4v) is 5.48. The van der Waals surface area contributed by atoms with Crippen LogP contribution in [0, 0.1) is 13.8 Å². The topological polar surface area (TPSA) is 97.3 Å². The van der Waals surface area contributed by atoms with Gasteiger partial charge in [0.2, 0.25) is 16.0 Å². The lowest BCUT2D eigenvalue weighted by Crippen LogP contribution is -2.31. The van der Waals surface area contributed by atoms with Gasteiger partial charge >= 0.3 is 0 Å². The van der Waals surface area contributed by atoms with Crippen LogP contribution in [-0.4, -0.2) is 41.3 Å². The Morgan fingerprint density at radius 3 is 2.42 bits per heavy atom. The number of aromatic nitrogens is 3. The van der Waals surface area contributed by atoms with Gasteiger partial charge in [0, 0.05) is 17.9 Å². The van der Waals surface area contributed by atoms with E-state index in [0.29, 0.717) is 36.2 Å². The van der Waals surface area contributed by atoms with Crippen molar-refractivity contribution in [2.24, 2.45) is 0 Å². The third-order valence-corrected chi connectivity index (χ3v) is 7.13. The minimum absolute atomic E-state index is 0.248. The summed E-state index contributed by atoms with van der Waals surface area (Å²) in [5, 5.41) is 3.13. The lowest BCUT2D eigenvalue weighted by Gasteiger charge is -2.24. The summed E-state index contributed by atoms with van der Waals surface area (Å²) in [6, 6.07) is 13.6. The van der Waals surface area contributed by atoms with Crippen molar-refractivity contribution in [1.82, 2.24) is 19.3 Å². The quantitative estimate of drug-likeness (QED) is 0.624. The Kier molecular flexibility index (Phi) is 5.88. The molecule has 1 unspecified atom stereocenters. The molecule has 2 aromatic heterocycles. The molecule has 1 fully saturated rings. The van der Waals surface area contributed by atoms with Crippen LogP contribution in [0.3, 0.4) is 0 Å². The molecule has 0 spiro atoms. The number of pyridine rings is 1. The van der Waals surface area contributed by atoms with E-state index in [2.05, 4.69) is 20.3 Å². The number of methoxy groups -OCH3 is 1. The predicted octanol–water partition coefficient (Wildman–Crippen LogP) is 3.77. The van der Waals surface area contributed by atoms with Gasteiger partial charge in [-0.2, -0.15) is 4.31 Å². The first-order valence-corrected chi connectivity index (χ1v) is 11.5. The van der Waals surface area contributed by atoms with Gasteiger partial charge in [0.15, 0.2) is 0 Å². The van der Waals surface area contributed by atoms with E-state index in [9.17, 15) is 8.42 Å². The summed E-state index contributed by atoms with van der Waals surface area (Å²) in [6.45, 7) is 4.27. The van der Waals surface area contributed by atoms with Crippen molar-refractivity contribution >= 4 is 21.8 Å². The van der Waals surface area contributed by atoms with E-state index in [1.165, 1.54) is 4.31 Å². The Morgan fingerprint density at radius 2 is 1.74 bits per heavy atom. The van der Waals surface area contributed by atoms with Crippen LogP contribution in [-0.2, 0) is 10.0 Å². The second-order valence-electron chi connectivity index (χ2n) is 7.50. The number of ether oxygens (including phenoxy) is 1. The Hall–Kier alpha value is -3.04. The number of hydrogen-bond acceptors (Lipinski definition) is 7. The summed E-state index contributed by atoms with van der Waals surface area (Å²) in [6.07, 6.45) is 1.49. The van der Waals surface area contributed by atoms with Gasteiger partial charge in [0.05, 0.1) is 23.7 Å². The molecule has 1 aliphatic heterocycles. The molecule has 0 amide bonds. The van der Waals surface area contributed by atoms with Crippen molar-refractivity contribution in [2.45, 2.75) is 37.6 Å². The zero-order chi connectivity index (χ0) is 22.0. The van der Waals surface area contributed by atoms with Gasteiger partial charge in [-0.25, -0.2) is 23.4 Å². The largest absolute Gasteiger partial charge is 0.497 e. The summed E-state index contributed by atoms with van der Waals surface area (Å²) in [7, 11) is -2.10. The molecule has 31 heavy (non-hydrogen) atoms. The summed E-state index contributed by atoms with van der Waals surface area (Å²) in [4.78, 5) is 13.7. The molecule has 1 atom stereocenters. The zero-order valence-electron chi connectivity index (χ0n) is 17.7. The monoisotopic (exact) mass is 439 g/mol. The minimum atomic E-state index is -3.65. The molecule has 0 saturated carbocycles. The van der Waals surface area contributed by atoms with Gasteiger partial charge in [-0.15, -0.1) is 0 Å². The van der Waals surface area contributed by atoms with E-state index in [1.54, 1.807) is 31.4 Å². The van der Waals surface area contributed by atoms with Crippen LogP contribution < -0.4 is 10.1 Å². The second kappa shape index (κ2) is 8.60. The molecule has 3 heterocycles. The normalized spacial score (nSPS) is 16.9. The van der Waals surface area contributed by atoms with E-state index < -0.39 is 10.0 Å². The molecule has 9 heteroatoms. The van der Waals surface area contributed by atoms with Crippen LogP contribution in [0.25, 0.3) is 0 Å². The summed E-state index contributed by atoms with van der Waals surface area (Å²) >= 11 is 0. The second-order valence-corrected chi connectivity index (χ2v) is 9.39. The van der Waals surface area contributed by atoms with Gasteiger partial charge < -0.3 is 10.1 Å². The molecule has 0 bridgehead atoms. The first kappa shape index (κ1) is 21.2. The van der Waals surface area contributed by atoms with E-state index in [-0.39, 0.29) is 10.9 Å². The Labute approximate surface area is 182 Å². The van der Waals surface area contributed by atoms with Crippen molar-refractivity contribution < 1.29 is 13.2 Å². The lowest BCUT2D eigenvalue weighted by atomic mass is 10.1. The molecular weight excluding hydrogens is 414 g/mol. The highest BCUT2D eigenvalue weighted by Gasteiger charge is 2.37. The van der Waals surface area contributed by atoms with Crippen LogP contribution in [0.2, 0.25) is 0 Å². The molecule has 0 aliphatic carbocycles. The molecular formula is C22H25N5O3S. The standard InChI is InChI=1S/C22H25N5O3S/c1-15-14-16(2)24-22(23-15)26-21-8-4-6-19(25-21)20-7-5-13-27(20)31(28,29)18-11-9-17(30-3)10-12-18/h4,6,8-12,14,20H,5,7,13H2,1-3H3,(H,23,24,25,26). The average Bonchev–Trinajstić information content (AvgIpc) is 3.24. The number of nitrogens with one attached hydrogen (secondary N) is 1. The number of anilines is 2. The number of benzene rings is 1. The van der Waals surface area contributed by atoms with Gasteiger partial charge in [-0.3, -0.25) is 0 Å². The van der Waals surface area contributed by atoms with E-state index in [4.69, 9.17) is 4.74 Å². The summed E-state index contributed by atoms with van der Waals surface area (Å²) in [5.41, 5.74) is 2.42. The van der Waals surface area contributed by atoms with E-state index >= 15 is 0 Å². The van der Waals surface area contributed by atoms with Crippen molar-refractivity contribution in [2.75, 3.05) is 19.0 Å². The van der Waals surface area contributed by atoms with Crippen molar-refractivity contribution in [1.29, 1.82) is 0 Å². The van der Waals surface area contributed by atoms with Crippen LogP contribution >= 0.6 is 0 Å². The SMILES string of the molecule is COc1ccc(S(=O)(=O)N2CCCC2c2cccc(Nc3nc(C)cc(C)n3)n2)cc1. The van der Waals surface area contributed by atoms with Crippen molar-refractivity contribution in [3.05, 3.63) is 65.6 Å². The molecule has 1 saturated heterocycles.